The van der Waals surface area contributed by atoms with Crippen LogP contribution in [0.15, 0.2) is 36.6 Å². The van der Waals surface area contributed by atoms with E-state index in [0.29, 0.717) is 0 Å². The average Bonchev–Trinajstić information content (AvgIpc) is 2.45. The fourth-order valence-corrected chi connectivity index (χ4v) is 3.48. The lowest BCUT2D eigenvalue weighted by atomic mass is 9.62. The van der Waals surface area contributed by atoms with E-state index in [4.69, 9.17) is 4.74 Å². The van der Waals surface area contributed by atoms with Gasteiger partial charge in [-0.2, -0.15) is 0 Å². The smallest absolute Gasteiger partial charge is 0.0999 e. The van der Waals surface area contributed by atoms with Gasteiger partial charge in [-0.1, -0.05) is 52.5 Å². The summed E-state index contributed by atoms with van der Waals surface area (Å²) < 4.78 is 5.48. The van der Waals surface area contributed by atoms with Crippen molar-refractivity contribution in [1.29, 1.82) is 0 Å². The zero-order valence-corrected chi connectivity index (χ0v) is 15.0. The van der Waals surface area contributed by atoms with E-state index < -0.39 is 0 Å². The molecule has 1 aliphatic rings. The van der Waals surface area contributed by atoms with Gasteiger partial charge in [-0.3, -0.25) is 0 Å². The van der Waals surface area contributed by atoms with Crippen LogP contribution in [0, 0.1) is 6.92 Å². The summed E-state index contributed by atoms with van der Waals surface area (Å²) in [6, 6.07) is 4.83. The second-order valence-electron chi connectivity index (χ2n) is 7.84. The van der Waals surface area contributed by atoms with Gasteiger partial charge in [-0.05, 0) is 58.9 Å². The van der Waals surface area contributed by atoms with Gasteiger partial charge in [-0.15, -0.1) is 0 Å². The predicted molar refractivity (Wildman–Crippen MR) is 95.5 cm³/mol. The molecule has 0 fully saturated rings. The minimum absolute atomic E-state index is 0.253. The predicted octanol–water partition coefficient (Wildman–Crippen LogP) is 5.60. The van der Waals surface area contributed by atoms with Crippen molar-refractivity contribution in [3.05, 3.63) is 58.9 Å². The molecular formula is C21H30O. The molecule has 0 heterocycles. The third kappa shape index (κ3) is 3.14. The number of fused-ring (bicyclic) bond motifs is 1. The molecule has 1 aromatic carbocycles. The van der Waals surface area contributed by atoms with E-state index in [0.717, 1.165) is 12.2 Å². The molecule has 0 saturated heterocycles. The fraction of sp³-hybridized carbons (Fsp3) is 0.524. The summed E-state index contributed by atoms with van der Waals surface area (Å²) in [4.78, 5) is 0. The van der Waals surface area contributed by atoms with E-state index in [1.807, 2.05) is 6.08 Å². The first-order chi connectivity index (χ1) is 10.2. The standard InChI is InChI=1S/C21H30O/c1-8-9-17(22-7)13-16-14-19-18(12-15(16)2)20(3,4)10-11-21(19,5)6/h8-9,12,14H,1,10-11,13H2,2-7H3/b17-9-. The molecule has 1 nitrogen and oxygen atoms in total. The Morgan fingerprint density at radius 2 is 1.68 bits per heavy atom. The molecule has 120 valence electrons. The largest absolute Gasteiger partial charge is 0.501 e. The van der Waals surface area contributed by atoms with Gasteiger partial charge in [0.15, 0.2) is 0 Å². The monoisotopic (exact) mass is 298 g/mol. The molecule has 0 amide bonds. The topological polar surface area (TPSA) is 9.23 Å². The molecule has 0 atom stereocenters. The van der Waals surface area contributed by atoms with E-state index in [9.17, 15) is 0 Å². The van der Waals surface area contributed by atoms with Gasteiger partial charge in [0.2, 0.25) is 0 Å². The van der Waals surface area contributed by atoms with Crippen molar-refractivity contribution in [2.45, 2.75) is 64.7 Å². The minimum Gasteiger partial charge on any atom is -0.501 e. The van der Waals surface area contributed by atoms with Crippen LogP contribution in [-0.2, 0) is 22.0 Å². The van der Waals surface area contributed by atoms with E-state index in [-0.39, 0.29) is 10.8 Å². The van der Waals surface area contributed by atoms with Crippen molar-refractivity contribution in [1.82, 2.24) is 0 Å². The number of hydrogen-bond acceptors (Lipinski definition) is 1. The maximum Gasteiger partial charge on any atom is 0.0999 e. The third-order valence-corrected chi connectivity index (χ3v) is 5.24. The van der Waals surface area contributed by atoms with Crippen LogP contribution >= 0.6 is 0 Å². The summed E-state index contributed by atoms with van der Waals surface area (Å²) in [5.41, 5.74) is 6.28. The van der Waals surface area contributed by atoms with Gasteiger partial charge in [0.05, 0.1) is 12.9 Å². The SMILES string of the molecule is C=C/C=C(/Cc1cc2c(cc1C)C(C)(C)CCC2(C)C)OC. The van der Waals surface area contributed by atoms with Gasteiger partial charge >= 0.3 is 0 Å². The third-order valence-electron chi connectivity index (χ3n) is 5.24. The number of allylic oxidation sites excluding steroid dienone is 3. The second-order valence-corrected chi connectivity index (χ2v) is 7.84. The Morgan fingerprint density at radius 3 is 2.18 bits per heavy atom. The Kier molecular flexibility index (Phi) is 4.56. The zero-order valence-electron chi connectivity index (χ0n) is 15.0. The lowest BCUT2D eigenvalue weighted by Gasteiger charge is -2.42. The molecular weight excluding hydrogens is 268 g/mol. The van der Waals surface area contributed by atoms with Gasteiger partial charge in [0, 0.05) is 6.42 Å². The number of ether oxygens (including phenoxy) is 1. The Labute approximate surface area is 136 Å². The first-order valence-electron chi connectivity index (χ1n) is 8.21. The van der Waals surface area contributed by atoms with Crippen LogP contribution in [0.1, 0.15) is 62.8 Å². The molecule has 0 aromatic heterocycles. The highest BCUT2D eigenvalue weighted by Crippen LogP contribution is 2.46. The summed E-state index contributed by atoms with van der Waals surface area (Å²) in [6.07, 6.45) is 7.08. The van der Waals surface area contributed by atoms with Crippen LogP contribution in [0.25, 0.3) is 0 Å². The lowest BCUT2D eigenvalue weighted by Crippen LogP contribution is -2.34. The van der Waals surface area contributed by atoms with Crippen LogP contribution in [0.4, 0.5) is 0 Å². The normalized spacial score (nSPS) is 19.5. The van der Waals surface area contributed by atoms with Crippen LogP contribution in [0.5, 0.6) is 0 Å². The summed E-state index contributed by atoms with van der Waals surface area (Å²) in [6.45, 7) is 15.5. The maximum absolute atomic E-state index is 5.48. The minimum atomic E-state index is 0.253. The van der Waals surface area contributed by atoms with Crippen molar-refractivity contribution in [3.63, 3.8) is 0 Å². The lowest BCUT2D eigenvalue weighted by molar-refractivity contribution is 0.283. The van der Waals surface area contributed by atoms with Gasteiger partial charge in [-0.25, -0.2) is 0 Å². The van der Waals surface area contributed by atoms with E-state index in [2.05, 4.69) is 53.3 Å². The first-order valence-corrected chi connectivity index (χ1v) is 8.21. The fourth-order valence-electron chi connectivity index (χ4n) is 3.48. The number of rotatable bonds is 4. The van der Waals surface area contributed by atoms with Crippen LogP contribution < -0.4 is 0 Å². The van der Waals surface area contributed by atoms with Crippen molar-refractivity contribution >= 4 is 0 Å². The van der Waals surface area contributed by atoms with E-state index >= 15 is 0 Å². The van der Waals surface area contributed by atoms with E-state index in [1.54, 1.807) is 13.2 Å². The second kappa shape index (κ2) is 5.95. The Bertz CT molecular complexity index is 603. The first kappa shape index (κ1) is 16.9. The van der Waals surface area contributed by atoms with Crippen LogP contribution in [0.2, 0.25) is 0 Å². The molecule has 1 aliphatic carbocycles. The average molecular weight is 298 g/mol. The Hall–Kier alpha value is -1.50. The quantitative estimate of drug-likeness (QED) is 0.519. The van der Waals surface area contributed by atoms with Gasteiger partial charge in [0.1, 0.15) is 0 Å². The molecule has 22 heavy (non-hydrogen) atoms. The summed E-state index contributed by atoms with van der Waals surface area (Å²) >= 11 is 0. The number of aryl methyl sites for hydroxylation is 1. The summed E-state index contributed by atoms with van der Waals surface area (Å²) in [7, 11) is 1.73. The highest BCUT2D eigenvalue weighted by Gasteiger charge is 2.37. The number of benzene rings is 1. The molecule has 0 saturated carbocycles. The Morgan fingerprint density at radius 1 is 1.14 bits per heavy atom. The molecule has 1 aromatic rings. The van der Waals surface area contributed by atoms with Crippen molar-refractivity contribution < 1.29 is 4.74 Å². The molecule has 0 N–H and O–H groups in total. The van der Waals surface area contributed by atoms with Crippen molar-refractivity contribution in [3.8, 4) is 0 Å². The molecule has 0 aliphatic heterocycles. The Balaban J connectivity index is 2.52. The summed E-state index contributed by atoms with van der Waals surface area (Å²) in [5.74, 6) is 0.964. The zero-order chi connectivity index (χ0) is 16.5. The van der Waals surface area contributed by atoms with E-state index in [1.165, 1.54) is 35.1 Å². The molecule has 2 rings (SSSR count). The van der Waals surface area contributed by atoms with Crippen molar-refractivity contribution in [2.24, 2.45) is 0 Å². The number of hydrogen-bond donors (Lipinski definition) is 0. The highest BCUT2D eigenvalue weighted by molar-refractivity contribution is 5.47. The molecule has 0 radical (unpaired) electrons. The maximum atomic E-state index is 5.48. The van der Waals surface area contributed by atoms with Crippen LogP contribution in [-0.4, -0.2) is 7.11 Å². The summed E-state index contributed by atoms with van der Waals surface area (Å²) in [5, 5.41) is 0. The van der Waals surface area contributed by atoms with Gasteiger partial charge < -0.3 is 4.74 Å². The molecule has 1 heteroatoms. The van der Waals surface area contributed by atoms with Crippen molar-refractivity contribution in [2.75, 3.05) is 7.11 Å². The molecule has 0 spiro atoms. The highest BCUT2D eigenvalue weighted by atomic mass is 16.5. The molecule has 0 bridgehead atoms. The number of methoxy groups -OCH3 is 1. The van der Waals surface area contributed by atoms with Gasteiger partial charge in [0.25, 0.3) is 0 Å². The van der Waals surface area contributed by atoms with Crippen LogP contribution in [0.3, 0.4) is 0 Å². The molecule has 0 unspecified atom stereocenters.